The summed E-state index contributed by atoms with van der Waals surface area (Å²) < 4.78 is 0.847. The van der Waals surface area contributed by atoms with Crippen molar-refractivity contribution in [1.82, 2.24) is 10.4 Å². The Balaban J connectivity index is 2.59. The quantitative estimate of drug-likeness (QED) is 0.649. The maximum absolute atomic E-state index is 11.6. The summed E-state index contributed by atoms with van der Waals surface area (Å²) in [5, 5.41) is 4.06. The largest absolute Gasteiger partial charge is 0.356 e. The zero-order chi connectivity index (χ0) is 12.1. The SMILES string of the molecule is CC[C@@H](C)/C(C)=N\NC(=O)c1cc(Br)c[nH]1. The number of carbonyl (C=O) groups excluding carboxylic acids is 1. The van der Waals surface area contributed by atoms with Crippen LogP contribution in [0.2, 0.25) is 0 Å². The van der Waals surface area contributed by atoms with Crippen LogP contribution < -0.4 is 5.43 Å². The minimum Gasteiger partial charge on any atom is -0.356 e. The van der Waals surface area contributed by atoms with Crippen molar-refractivity contribution in [2.75, 3.05) is 0 Å². The Morgan fingerprint density at radius 1 is 1.69 bits per heavy atom. The maximum Gasteiger partial charge on any atom is 0.287 e. The van der Waals surface area contributed by atoms with Crippen LogP contribution in [0.15, 0.2) is 21.8 Å². The van der Waals surface area contributed by atoms with E-state index in [9.17, 15) is 4.79 Å². The molecule has 1 heterocycles. The summed E-state index contributed by atoms with van der Waals surface area (Å²) >= 11 is 3.27. The van der Waals surface area contributed by atoms with Gasteiger partial charge < -0.3 is 4.98 Å². The lowest BCUT2D eigenvalue weighted by Gasteiger charge is -2.07. The Morgan fingerprint density at radius 2 is 2.38 bits per heavy atom. The zero-order valence-electron chi connectivity index (χ0n) is 9.67. The lowest BCUT2D eigenvalue weighted by atomic mass is 10.1. The van der Waals surface area contributed by atoms with E-state index in [0.717, 1.165) is 16.6 Å². The second-order valence-corrected chi connectivity index (χ2v) is 4.65. The fraction of sp³-hybridized carbons (Fsp3) is 0.455. The van der Waals surface area contributed by atoms with Crippen molar-refractivity contribution in [2.45, 2.75) is 27.2 Å². The van der Waals surface area contributed by atoms with E-state index in [2.05, 4.69) is 45.3 Å². The Bertz CT molecular complexity index is 398. The number of amides is 1. The average molecular weight is 286 g/mol. The highest BCUT2D eigenvalue weighted by molar-refractivity contribution is 9.10. The molecule has 0 aromatic carbocycles. The first kappa shape index (κ1) is 13.0. The lowest BCUT2D eigenvalue weighted by molar-refractivity contribution is 0.0950. The third kappa shape index (κ3) is 3.48. The van der Waals surface area contributed by atoms with Crippen molar-refractivity contribution in [1.29, 1.82) is 0 Å². The summed E-state index contributed by atoms with van der Waals surface area (Å²) in [6, 6.07) is 1.71. The third-order valence-electron chi connectivity index (χ3n) is 2.55. The molecule has 1 amide bonds. The fourth-order valence-electron chi connectivity index (χ4n) is 1.10. The van der Waals surface area contributed by atoms with Gasteiger partial charge in [-0.15, -0.1) is 0 Å². The minimum atomic E-state index is -0.228. The molecule has 0 saturated heterocycles. The molecular weight excluding hydrogens is 270 g/mol. The standard InChI is InChI=1S/C11H16BrN3O/c1-4-7(2)8(3)14-15-11(16)10-5-9(12)6-13-10/h5-7,13H,4H2,1-3H3,(H,15,16)/b14-8-/t7-/m1/s1. The highest BCUT2D eigenvalue weighted by atomic mass is 79.9. The summed E-state index contributed by atoms with van der Waals surface area (Å²) in [4.78, 5) is 14.4. The molecule has 2 N–H and O–H groups in total. The third-order valence-corrected chi connectivity index (χ3v) is 3.01. The number of aromatic nitrogens is 1. The molecule has 4 nitrogen and oxygen atoms in total. The van der Waals surface area contributed by atoms with Crippen LogP contribution in [0.1, 0.15) is 37.7 Å². The van der Waals surface area contributed by atoms with Crippen molar-refractivity contribution in [3.8, 4) is 0 Å². The number of hydrazone groups is 1. The van der Waals surface area contributed by atoms with Crippen LogP contribution in [0.4, 0.5) is 0 Å². The predicted octanol–water partition coefficient (Wildman–Crippen LogP) is 2.93. The maximum atomic E-state index is 11.6. The molecule has 5 heteroatoms. The first-order valence-corrected chi connectivity index (χ1v) is 6.02. The van der Waals surface area contributed by atoms with E-state index in [1.54, 1.807) is 12.3 Å². The van der Waals surface area contributed by atoms with E-state index in [-0.39, 0.29) is 5.91 Å². The minimum absolute atomic E-state index is 0.228. The molecule has 1 aromatic rings. The molecule has 0 bridgehead atoms. The van der Waals surface area contributed by atoms with Gasteiger partial charge in [-0.1, -0.05) is 13.8 Å². The van der Waals surface area contributed by atoms with Gasteiger partial charge in [-0.25, -0.2) is 5.43 Å². The molecule has 0 fully saturated rings. The number of H-pyrrole nitrogens is 1. The number of hydrogen-bond acceptors (Lipinski definition) is 2. The normalized spacial score (nSPS) is 13.6. The van der Waals surface area contributed by atoms with Crippen molar-refractivity contribution in [3.05, 3.63) is 22.4 Å². The van der Waals surface area contributed by atoms with E-state index in [4.69, 9.17) is 0 Å². The number of nitrogens with one attached hydrogen (secondary N) is 2. The van der Waals surface area contributed by atoms with Crippen molar-refractivity contribution < 1.29 is 4.79 Å². The molecule has 1 atom stereocenters. The van der Waals surface area contributed by atoms with Crippen LogP contribution in [0.25, 0.3) is 0 Å². The van der Waals surface area contributed by atoms with E-state index >= 15 is 0 Å². The Kier molecular flexibility index (Phi) is 4.73. The molecule has 0 aliphatic carbocycles. The van der Waals surface area contributed by atoms with Crippen molar-refractivity contribution >= 4 is 27.5 Å². The molecular formula is C11H16BrN3O. The molecule has 0 aliphatic rings. The van der Waals surface area contributed by atoms with Gasteiger partial charge in [0.25, 0.3) is 5.91 Å². The number of rotatable bonds is 4. The fourth-order valence-corrected chi connectivity index (χ4v) is 1.45. The second kappa shape index (κ2) is 5.84. The van der Waals surface area contributed by atoms with Crippen molar-refractivity contribution in [3.63, 3.8) is 0 Å². The summed E-state index contributed by atoms with van der Waals surface area (Å²) in [5.41, 5.74) is 3.95. The van der Waals surface area contributed by atoms with Gasteiger partial charge in [0.15, 0.2) is 0 Å². The smallest absolute Gasteiger partial charge is 0.287 e. The van der Waals surface area contributed by atoms with Gasteiger partial charge in [-0.05, 0) is 41.3 Å². The van der Waals surface area contributed by atoms with E-state index in [1.165, 1.54) is 0 Å². The molecule has 1 rings (SSSR count). The number of hydrogen-bond donors (Lipinski definition) is 2. The predicted molar refractivity (Wildman–Crippen MR) is 68.5 cm³/mol. The van der Waals surface area contributed by atoms with E-state index in [1.807, 2.05) is 6.92 Å². The van der Waals surface area contributed by atoms with Crippen LogP contribution in [-0.2, 0) is 0 Å². The lowest BCUT2D eigenvalue weighted by Crippen LogP contribution is -2.21. The molecule has 0 aliphatic heterocycles. The summed E-state index contributed by atoms with van der Waals surface area (Å²) in [5.74, 6) is 0.157. The van der Waals surface area contributed by atoms with Crippen LogP contribution in [-0.4, -0.2) is 16.6 Å². The second-order valence-electron chi connectivity index (χ2n) is 3.73. The van der Waals surface area contributed by atoms with Gasteiger partial charge in [-0.3, -0.25) is 4.79 Å². The van der Waals surface area contributed by atoms with Crippen LogP contribution in [0.5, 0.6) is 0 Å². The van der Waals surface area contributed by atoms with Crippen LogP contribution >= 0.6 is 15.9 Å². The monoisotopic (exact) mass is 285 g/mol. The van der Waals surface area contributed by atoms with Gasteiger partial charge in [0.05, 0.1) is 0 Å². The summed E-state index contributed by atoms with van der Waals surface area (Å²) in [7, 11) is 0. The van der Waals surface area contributed by atoms with Crippen LogP contribution in [0.3, 0.4) is 0 Å². The molecule has 1 aromatic heterocycles. The number of halogens is 1. The number of nitrogens with zero attached hydrogens (tertiary/aromatic N) is 1. The van der Waals surface area contributed by atoms with Gasteiger partial charge >= 0.3 is 0 Å². The molecule has 0 saturated carbocycles. The zero-order valence-corrected chi connectivity index (χ0v) is 11.3. The van der Waals surface area contributed by atoms with Gasteiger partial charge in [0, 0.05) is 16.4 Å². The topological polar surface area (TPSA) is 57.2 Å². The van der Waals surface area contributed by atoms with Crippen molar-refractivity contribution in [2.24, 2.45) is 11.0 Å². The Labute approximate surface area is 104 Å². The number of carbonyl (C=O) groups is 1. The van der Waals surface area contributed by atoms with Gasteiger partial charge in [0.2, 0.25) is 0 Å². The molecule has 16 heavy (non-hydrogen) atoms. The molecule has 0 radical (unpaired) electrons. The summed E-state index contributed by atoms with van der Waals surface area (Å²) in [6.45, 7) is 6.09. The average Bonchev–Trinajstić information content (AvgIpc) is 2.71. The first-order chi connectivity index (χ1) is 7.54. The number of aromatic amines is 1. The molecule has 0 spiro atoms. The molecule has 88 valence electrons. The Hall–Kier alpha value is -1.10. The Morgan fingerprint density at radius 3 is 2.88 bits per heavy atom. The molecule has 0 unspecified atom stereocenters. The van der Waals surface area contributed by atoms with E-state index in [0.29, 0.717) is 11.6 Å². The summed E-state index contributed by atoms with van der Waals surface area (Å²) in [6.07, 6.45) is 2.72. The highest BCUT2D eigenvalue weighted by Gasteiger charge is 2.08. The van der Waals surface area contributed by atoms with Crippen LogP contribution in [0, 0.1) is 5.92 Å². The van der Waals surface area contributed by atoms with E-state index < -0.39 is 0 Å². The first-order valence-electron chi connectivity index (χ1n) is 5.23. The highest BCUT2D eigenvalue weighted by Crippen LogP contribution is 2.10. The van der Waals surface area contributed by atoms with Gasteiger partial charge in [-0.2, -0.15) is 5.10 Å². The van der Waals surface area contributed by atoms with Gasteiger partial charge in [0.1, 0.15) is 5.69 Å².